The van der Waals surface area contributed by atoms with E-state index in [1.165, 1.54) is 0 Å². The Balaban J connectivity index is 2.52. The smallest absolute Gasteiger partial charge is 0.354 e. The van der Waals surface area contributed by atoms with Crippen LogP contribution in [0.15, 0.2) is 22.7 Å². The van der Waals surface area contributed by atoms with E-state index < -0.39 is 0 Å². The molecule has 0 bridgehead atoms. The van der Waals surface area contributed by atoms with Crippen molar-refractivity contribution in [2.24, 2.45) is 0 Å². The Bertz CT molecular complexity index is 545. The highest BCUT2D eigenvalue weighted by molar-refractivity contribution is 9.10. The lowest BCUT2D eigenvalue weighted by atomic mass is 10.2. The van der Waals surface area contributed by atoms with E-state index in [4.69, 9.17) is 4.74 Å². The van der Waals surface area contributed by atoms with E-state index in [9.17, 15) is 4.79 Å². The molecule has 0 radical (unpaired) electrons. The van der Waals surface area contributed by atoms with Gasteiger partial charge in [-0.2, -0.15) is 0 Å². The molecule has 0 aliphatic rings. The SMILES string of the molecule is CCOC(=O)c1cc2ccc(C)c(Br)c2[nH]1. The van der Waals surface area contributed by atoms with Crippen LogP contribution in [-0.2, 0) is 4.74 Å². The second-order valence-electron chi connectivity index (χ2n) is 3.56. The van der Waals surface area contributed by atoms with Gasteiger partial charge in [-0.25, -0.2) is 4.79 Å². The number of nitrogens with one attached hydrogen (secondary N) is 1. The molecule has 0 atom stereocenters. The van der Waals surface area contributed by atoms with Crippen LogP contribution in [0.4, 0.5) is 0 Å². The molecule has 0 aliphatic carbocycles. The van der Waals surface area contributed by atoms with Gasteiger partial charge in [0.1, 0.15) is 5.69 Å². The summed E-state index contributed by atoms with van der Waals surface area (Å²) in [5, 5.41) is 1.00. The molecule has 2 aromatic rings. The Labute approximate surface area is 102 Å². The van der Waals surface area contributed by atoms with Crippen molar-refractivity contribution in [3.05, 3.63) is 33.9 Å². The molecule has 2 rings (SSSR count). The van der Waals surface area contributed by atoms with Crippen molar-refractivity contribution in [2.45, 2.75) is 13.8 Å². The molecule has 16 heavy (non-hydrogen) atoms. The molecule has 84 valence electrons. The molecule has 3 nitrogen and oxygen atoms in total. The van der Waals surface area contributed by atoms with E-state index in [0.717, 1.165) is 20.9 Å². The Morgan fingerprint density at radius 2 is 2.25 bits per heavy atom. The summed E-state index contributed by atoms with van der Waals surface area (Å²) in [6, 6.07) is 5.79. The second kappa shape index (κ2) is 4.29. The highest BCUT2D eigenvalue weighted by atomic mass is 79.9. The summed E-state index contributed by atoms with van der Waals surface area (Å²) in [6.07, 6.45) is 0. The van der Waals surface area contributed by atoms with Crippen molar-refractivity contribution >= 4 is 32.8 Å². The van der Waals surface area contributed by atoms with Crippen LogP contribution in [0.2, 0.25) is 0 Å². The van der Waals surface area contributed by atoms with E-state index >= 15 is 0 Å². The van der Waals surface area contributed by atoms with Gasteiger partial charge in [-0.3, -0.25) is 0 Å². The van der Waals surface area contributed by atoms with Crippen LogP contribution in [0, 0.1) is 6.92 Å². The summed E-state index contributed by atoms with van der Waals surface area (Å²) in [5.41, 5.74) is 2.55. The summed E-state index contributed by atoms with van der Waals surface area (Å²) in [7, 11) is 0. The maximum absolute atomic E-state index is 11.5. The van der Waals surface area contributed by atoms with Crippen molar-refractivity contribution in [1.82, 2.24) is 4.98 Å². The van der Waals surface area contributed by atoms with Gasteiger partial charge in [0.25, 0.3) is 0 Å². The summed E-state index contributed by atoms with van der Waals surface area (Å²) in [4.78, 5) is 14.6. The van der Waals surface area contributed by atoms with Crippen LogP contribution >= 0.6 is 15.9 Å². The normalized spacial score (nSPS) is 10.7. The lowest BCUT2D eigenvalue weighted by Gasteiger charge is -1.99. The van der Waals surface area contributed by atoms with E-state index in [-0.39, 0.29) is 5.97 Å². The number of carbonyl (C=O) groups is 1. The number of benzene rings is 1. The van der Waals surface area contributed by atoms with Crippen molar-refractivity contribution in [3.8, 4) is 0 Å². The first kappa shape index (κ1) is 11.2. The predicted molar refractivity (Wildman–Crippen MR) is 66.7 cm³/mol. The Hall–Kier alpha value is -1.29. The van der Waals surface area contributed by atoms with Crippen LogP contribution in [-0.4, -0.2) is 17.6 Å². The maximum Gasteiger partial charge on any atom is 0.354 e. The lowest BCUT2D eigenvalue weighted by Crippen LogP contribution is -2.04. The summed E-state index contributed by atoms with van der Waals surface area (Å²) in [5.74, 6) is -0.316. The minimum Gasteiger partial charge on any atom is -0.461 e. The number of aromatic amines is 1. The monoisotopic (exact) mass is 281 g/mol. The first-order valence-electron chi connectivity index (χ1n) is 5.08. The third kappa shape index (κ3) is 1.85. The number of ether oxygens (including phenoxy) is 1. The highest BCUT2D eigenvalue weighted by Crippen LogP contribution is 2.27. The molecular weight excluding hydrogens is 270 g/mol. The number of halogens is 1. The standard InChI is InChI=1S/C12H12BrNO2/c1-3-16-12(15)9-6-8-5-4-7(2)10(13)11(8)14-9/h4-6,14H,3H2,1-2H3. The molecule has 0 saturated carbocycles. The van der Waals surface area contributed by atoms with Crippen molar-refractivity contribution in [1.29, 1.82) is 0 Å². The largest absolute Gasteiger partial charge is 0.461 e. The number of fused-ring (bicyclic) bond motifs is 1. The number of aromatic nitrogens is 1. The number of esters is 1. The Morgan fingerprint density at radius 3 is 2.94 bits per heavy atom. The van der Waals surface area contributed by atoms with Gasteiger partial charge in [0.05, 0.1) is 12.1 Å². The van der Waals surface area contributed by atoms with Crippen LogP contribution in [0.5, 0.6) is 0 Å². The van der Waals surface area contributed by atoms with Crippen molar-refractivity contribution in [2.75, 3.05) is 6.61 Å². The number of carbonyl (C=O) groups excluding carboxylic acids is 1. The van der Waals surface area contributed by atoms with Gasteiger partial charge in [-0.15, -0.1) is 0 Å². The van der Waals surface area contributed by atoms with Gasteiger partial charge in [-0.1, -0.05) is 12.1 Å². The van der Waals surface area contributed by atoms with Crippen LogP contribution in [0.1, 0.15) is 23.0 Å². The minimum absolute atomic E-state index is 0.316. The first-order chi connectivity index (χ1) is 7.63. The zero-order chi connectivity index (χ0) is 11.7. The van der Waals surface area contributed by atoms with E-state index in [2.05, 4.69) is 20.9 Å². The fraction of sp³-hybridized carbons (Fsp3) is 0.250. The molecule has 0 unspecified atom stereocenters. The molecule has 0 saturated heterocycles. The quantitative estimate of drug-likeness (QED) is 0.857. The summed E-state index contributed by atoms with van der Waals surface area (Å²) in [6.45, 7) is 4.18. The molecule has 0 amide bonds. The second-order valence-corrected chi connectivity index (χ2v) is 4.36. The molecule has 1 N–H and O–H groups in total. The molecular formula is C12H12BrNO2. The van der Waals surface area contributed by atoms with Gasteiger partial charge in [0, 0.05) is 9.86 Å². The van der Waals surface area contributed by atoms with Crippen molar-refractivity contribution < 1.29 is 9.53 Å². The molecule has 1 aromatic heterocycles. The van der Waals surface area contributed by atoms with E-state index in [1.807, 2.05) is 19.1 Å². The average molecular weight is 282 g/mol. The first-order valence-corrected chi connectivity index (χ1v) is 5.87. The third-order valence-electron chi connectivity index (χ3n) is 2.42. The van der Waals surface area contributed by atoms with Gasteiger partial charge >= 0.3 is 5.97 Å². The van der Waals surface area contributed by atoms with Gasteiger partial charge in [0.2, 0.25) is 0 Å². The number of aryl methyl sites for hydroxylation is 1. The minimum atomic E-state index is -0.316. The lowest BCUT2D eigenvalue weighted by molar-refractivity contribution is 0.0520. The summed E-state index contributed by atoms with van der Waals surface area (Å²) < 4.78 is 5.93. The van der Waals surface area contributed by atoms with Crippen LogP contribution in [0.3, 0.4) is 0 Å². The zero-order valence-electron chi connectivity index (χ0n) is 9.13. The molecule has 1 aromatic carbocycles. The van der Waals surface area contributed by atoms with Gasteiger partial charge in [0.15, 0.2) is 0 Å². The van der Waals surface area contributed by atoms with Crippen LogP contribution < -0.4 is 0 Å². The molecule has 4 heteroatoms. The number of H-pyrrole nitrogens is 1. The van der Waals surface area contributed by atoms with Crippen molar-refractivity contribution in [3.63, 3.8) is 0 Å². The zero-order valence-corrected chi connectivity index (χ0v) is 10.7. The molecule has 0 fully saturated rings. The molecule has 0 aliphatic heterocycles. The fourth-order valence-corrected chi connectivity index (χ4v) is 2.05. The third-order valence-corrected chi connectivity index (χ3v) is 3.44. The Morgan fingerprint density at radius 1 is 1.50 bits per heavy atom. The average Bonchev–Trinajstić information content (AvgIpc) is 2.69. The Kier molecular flexibility index (Phi) is 3.01. The van der Waals surface area contributed by atoms with Crippen LogP contribution in [0.25, 0.3) is 10.9 Å². The number of hydrogen-bond donors (Lipinski definition) is 1. The predicted octanol–water partition coefficient (Wildman–Crippen LogP) is 3.42. The molecule has 1 heterocycles. The van der Waals surface area contributed by atoms with Gasteiger partial charge in [-0.05, 0) is 41.4 Å². The molecule has 0 spiro atoms. The number of hydrogen-bond acceptors (Lipinski definition) is 2. The number of rotatable bonds is 2. The van der Waals surface area contributed by atoms with Gasteiger partial charge < -0.3 is 9.72 Å². The van der Waals surface area contributed by atoms with E-state index in [1.54, 1.807) is 13.0 Å². The topological polar surface area (TPSA) is 42.1 Å². The summed E-state index contributed by atoms with van der Waals surface area (Å²) >= 11 is 3.50. The van der Waals surface area contributed by atoms with E-state index in [0.29, 0.717) is 12.3 Å². The fourth-order valence-electron chi connectivity index (χ4n) is 1.59. The maximum atomic E-state index is 11.5. The highest BCUT2D eigenvalue weighted by Gasteiger charge is 2.12.